The number of sulfonamides is 1. The predicted molar refractivity (Wildman–Crippen MR) is 118 cm³/mol. The maximum atomic E-state index is 12.9. The van der Waals surface area contributed by atoms with E-state index in [4.69, 9.17) is 22.6 Å². The second kappa shape index (κ2) is 9.99. The minimum atomic E-state index is -3.73. The smallest absolute Gasteiger partial charge is 0.312 e. The predicted octanol–water partition coefficient (Wildman–Crippen LogP) is 1.84. The first-order valence-corrected chi connectivity index (χ1v) is 11.6. The Labute approximate surface area is 191 Å². The lowest BCUT2D eigenvalue weighted by Gasteiger charge is -2.34. The van der Waals surface area contributed by atoms with Crippen molar-refractivity contribution in [1.82, 2.24) is 14.5 Å². The molecule has 0 unspecified atom stereocenters. The number of nitrogens with one attached hydrogen (secondary N) is 1. The van der Waals surface area contributed by atoms with E-state index in [1.165, 1.54) is 28.6 Å². The van der Waals surface area contributed by atoms with Gasteiger partial charge >= 0.3 is 6.03 Å². The molecule has 0 aromatic heterocycles. The Balaban J connectivity index is 1.65. The van der Waals surface area contributed by atoms with Gasteiger partial charge in [0.25, 0.3) is 0 Å². The Hall–Kier alpha value is -3.13. The average Bonchev–Trinajstić information content (AvgIpc) is 2.78. The molecule has 2 aromatic rings. The summed E-state index contributed by atoms with van der Waals surface area (Å²) in [5.41, 5.74) is 6.21. The molecule has 1 atom stereocenters. The van der Waals surface area contributed by atoms with Gasteiger partial charge in [-0.15, -0.1) is 0 Å². The molecule has 3 N–H and O–H groups in total. The van der Waals surface area contributed by atoms with Crippen LogP contribution in [0.2, 0.25) is 5.02 Å². The molecular formula is C21H22ClN5O4S. The van der Waals surface area contributed by atoms with Crippen molar-refractivity contribution in [1.29, 1.82) is 5.26 Å². The zero-order valence-electron chi connectivity index (χ0n) is 17.1. The lowest BCUT2D eigenvalue weighted by molar-refractivity contribution is -0.132. The first-order chi connectivity index (χ1) is 15.2. The molecule has 0 bridgehead atoms. The fraction of sp³-hybridized carbons (Fsp3) is 0.286. The third-order valence-corrected chi connectivity index (χ3v) is 7.45. The molecule has 1 heterocycles. The van der Waals surface area contributed by atoms with Gasteiger partial charge in [-0.1, -0.05) is 29.8 Å². The number of primary amides is 1. The summed E-state index contributed by atoms with van der Waals surface area (Å²) in [6.45, 7) is 0.683. The Morgan fingerprint density at radius 3 is 2.28 bits per heavy atom. The van der Waals surface area contributed by atoms with E-state index in [0.717, 1.165) is 0 Å². The van der Waals surface area contributed by atoms with Crippen LogP contribution in [-0.4, -0.2) is 55.7 Å². The van der Waals surface area contributed by atoms with Crippen LogP contribution in [0.5, 0.6) is 0 Å². The van der Waals surface area contributed by atoms with E-state index < -0.39 is 22.1 Å². The molecule has 0 radical (unpaired) electrons. The van der Waals surface area contributed by atoms with Gasteiger partial charge in [-0.05, 0) is 35.9 Å². The van der Waals surface area contributed by atoms with Gasteiger partial charge in [0.05, 0.1) is 29.0 Å². The highest BCUT2D eigenvalue weighted by Gasteiger charge is 2.31. The van der Waals surface area contributed by atoms with Gasteiger partial charge in [0, 0.05) is 31.2 Å². The maximum absolute atomic E-state index is 12.9. The van der Waals surface area contributed by atoms with E-state index in [0.29, 0.717) is 16.1 Å². The van der Waals surface area contributed by atoms with Crippen LogP contribution in [0.1, 0.15) is 23.6 Å². The molecule has 32 heavy (non-hydrogen) atoms. The molecule has 168 valence electrons. The van der Waals surface area contributed by atoms with Crippen molar-refractivity contribution in [3.8, 4) is 6.07 Å². The number of benzene rings is 2. The first-order valence-electron chi connectivity index (χ1n) is 9.81. The molecule has 1 aliphatic rings. The largest absolute Gasteiger partial charge is 0.352 e. The van der Waals surface area contributed by atoms with Crippen LogP contribution in [0.25, 0.3) is 0 Å². The highest BCUT2D eigenvalue weighted by Crippen LogP contribution is 2.26. The van der Waals surface area contributed by atoms with E-state index in [9.17, 15) is 18.0 Å². The third-order valence-electron chi connectivity index (χ3n) is 5.19. The summed E-state index contributed by atoms with van der Waals surface area (Å²) in [6.07, 6.45) is -0.0605. The number of piperazine rings is 1. The van der Waals surface area contributed by atoms with Crippen LogP contribution in [0.4, 0.5) is 4.79 Å². The van der Waals surface area contributed by atoms with E-state index in [-0.39, 0.29) is 43.4 Å². The number of amides is 3. The molecule has 3 rings (SSSR count). The number of rotatable bonds is 6. The van der Waals surface area contributed by atoms with Gasteiger partial charge in [-0.3, -0.25) is 4.79 Å². The van der Waals surface area contributed by atoms with Crippen LogP contribution in [0.3, 0.4) is 0 Å². The average molecular weight is 476 g/mol. The van der Waals surface area contributed by atoms with Crippen LogP contribution in [0.15, 0.2) is 53.4 Å². The summed E-state index contributed by atoms with van der Waals surface area (Å²) in [5.74, 6) is -0.251. The minimum Gasteiger partial charge on any atom is -0.352 e. The van der Waals surface area contributed by atoms with Crippen LogP contribution < -0.4 is 11.1 Å². The molecular weight excluding hydrogens is 454 g/mol. The third kappa shape index (κ3) is 5.37. The number of nitrogens with two attached hydrogens (primary N) is 1. The van der Waals surface area contributed by atoms with Crippen molar-refractivity contribution < 1.29 is 18.0 Å². The van der Waals surface area contributed by atoms with Gasteiger partial charge in [0.2, 0.25) is 15.9 Å². The summed E-state index contributed by atoms with van der Waals surface area (Å²) >= 11 is 6.21. The fourth-order valence-corrected chi connectivity index (χ4v) is 5.19. The number of hydrogen-bond donors (Lipinski definition) is 2. The van der Waals surface area contributed by atoms with E-state index in [2.05, 4.69) is 5.32 Å². The van der Waals surface area contributed by atoms with Gasteiger partial charge in [-0.2, -0.15) is 9.57 Å². The Kier molecular flexibility index (Phi) is 7.35. The highest BCUT2D eigenvalue weighted by molar-refractivity contribution is 7.89. The van der Waals surface area contributed by atoms with Gasteiger partial charge in [-0.25, -0.2) is 13.2 Å². The van der Waals surface area contributed by atoms with Crippen molar-refractivity contribution >= 4 is 33.6 Å². The fourth-order valence-electron chi connectivity index (χ4n) is 3.50. The maximum Gasteiger partial charge on any atom is 0.312 e. The number of nitriles is 1. The zero-order chi connectivity index (χ0) is 23.3. The summed E-state index contributed by atoms with van der Waals surface area (Å²) < 4.78 is 27.0. The lowest BCUT2D eigenvalue weighted by atomic mass is 10.0. The van der Waals surface area contributed by atoms with E-state index >= 15 is 0 Å². The monoisotopic (exact) mass is 475 g/mol. The Morgan fingerprint density at radius 2 is 1.72 bits per heavy atom. The van der Waals surface area contributed by atoms with Crippen molar-refractivity contribution in [3.05, 3.63) is 64.7 Å². The van der Waals surface area contributed by atoms with Gasteiger partial charge < -0.3 is 16.0 Å². The van der Waals surface area contributed by atoms with E-state index in [1.807, 2.05) is 6.07 Å². The molecule has 1 saturated heterocycles. The number of urea groups is 1. The number of hydrogen-bond acceptors (Lipinski definition) is 5. The molecule has 1 fully saturated rings. The number of carbonyl (C=O) groups is 2. The molecule has 0 spiro atoms. The van der Waals surface area contributed by atoms with Crippen molar-refractivity contribution in [3.63, 3.8) is 0 Å². The lowest BCUT2D eigenvalue weighted by Crippen LogP contribution is -2.51. The molecule has 11 heteroatoms. The second-order valence-corrected chi connectivity index (χ2v) is 9.55. The van der Waals surface area contributed by atoms with Gasteiger partial charge in [0.15, 0.2) is 0 Å². The number of nitrogens with zero attached hydrogens (tertiary/aromatic N) is 3. The molecule has 1 aliphatic heterocycles. The molecule has 3 amide bonds. The highest BCUT2D eigenvalue weighted by atomic mass is 35.5. The van der Waals surface area contributed by atoms with Crippen LogP contribution in [-0.2, 0) is 14.8 Å². The zero-order valence-corrected chi connectivity index (χ0v) is 18.6. The van der Waals surface area contributed by atoms with Crippen molar-refractivity contribution in [2.45, 2.75) is 17.4 Å². The van der Waals surface area contributed by atoms with E-state index in [1.54, 1.807) is 29.2 Å². The van der Waals surface area contributed by atoms with Crippen LogP contribution >= 0.6 is 11.6 Å². The topological polar surface area (TPSA) is 137 Å². The summed E-state index contributed by atoms with van der Waals surface area (Å²) in [6, 6.07) is 13.0. The van der Waals surface area contributed by atoms with Crippen molar-refractivity contribution in [2.75, 3.05) is 26.2 Å². The quantitative estimate of drug-likeness (QED) is 0.656. The Morgan fingerprint density at radius 1 is 1.09 bits per heavy atom. The standard InChI is InChI=1S/C21H22ClN5O4S/c22-18-4-2-1-3-17(18)19(25-21(24)29)13-20(28)26-9-11-27(12-10-26)32(30,31)16-7-5-15(14-23)6-8-16/h1-8,19H,9-13H2,(H3,24,25,29)/t19-/m1/s1. The summed E-state index contributed by atoms with van der Waals surface area (Å²) in [4.78, 5) is 25.9. The second-order valence-electron chi connectivity index (χ2n) is 7.21. The SMILES string of the molecule is N#Cc1ccc(S(=O)(=O)N2CCN(C(=O)C[C@@H](NC(N)=O)c3ccccc3Cl)CC2)cc1. The summed E-state index contributed by atoms with van der Waals surface area (Å²) in [7, 11) is -3.73. The molecule has 9 nitrogen and oxygen atoms in total. The number of halogens is 1. The molecule has 0 aliphatic carbocycles. The minimum absolute atomic E-state index is 0.0605. The van der Waals surface area contributed by atoms with Gasteiger partial charge in [0.1, 0.15) is 0 Å². The normalized spacial score (nSPS) is 15.6. The van der Waals surface area contributed by atoms with Crippen molar-refractivity contribution in [2.24, 2.45) is 5.73 Å². The van der Waals surface area contributed by atoms with Crippen LogP contribution in [0, 0.1) is 11.3 Å². The number of carbonyl (C=O) groups excluding carboxylic acids is 2. The molecule has 0 saturated carbocycles. The first kappa shape index (κ1) is 23.5. The molecule has 2 aromatic carbocycles. The Bertz CT molecular complexity index is 1140. The summed E-state index contributed by atoms with van der Waals surface area (Å²) in [5, 5.41) is 11.8.